The van der Waals surface area contributed by atoms with Gasteiger partial charge in [0.05, 0.1) is 24.4 Å². The van der Waals surface area contributed by atoms with E-state index < -0.39 is 5.91 Å². The molecule has 0 unspecified atom stereocenters. The highest BCUT2D eigenvalue weighted by Crippen LogP contribution is 2.32. The average molecular weight is 363 g/mol. The number of carbonyl (C=O) groups excluding carboxylic acids is 3. The number of carbonyl (C=O) groups is 3. The number of thiazole rings is 1. The van der Waals surface area contributed by atoms with Crippen LogP contribution >= 0.6 is 11.3 Å². The van der Waals surface area contributed by atoms with Gasteiger partial charge >= 0.3 is 0 Å². The van der Waals surface area contributed by atoms with Gasteiger partial charge in [-0.2, -0.15) is 4.99 Å². The Morgan fingerprint density at radius 1 is 1.16 bits per heavy atom. The summed E-state index contributed by atoms with van der Waals surface area (Å²) in [5.74, 6) is -0.0327. The summed E-state index contributed by atoms with van der Waals surface area (Å²) in [6, 6.07) is 3.62. The van der Waals surface area contributed by atoms with Crippen LogP contribution in [-0.2, 0) is 21.4 Å². The molecule has 0 spiro atoms. The van der Waals surface area contributed by atoms with E-state index in [-0.39, 0.29) is 31.2 Å². The molecule has 1 aliphatic rings. The van der Waals surface area contributed by atoms with Crippen LogP contribution in [0.4, 0.5) is 0 Å². The largest absolute Gasteiger partial charge is 0.493 e. The molecule has 2 aromatic rings. The maximum absolute atomic E-state index is 12.2. The molecule has 0 aliphatic carbocycles. The molecule has 1 saturated heterocycles. The van der Waals surface area contributed by atoms with Crippen LogP contribution in [0, 0.1) is 0 Å². The minimum Gasteiger partial charge on any atom is -0.493 e. The van der Waals surface area contributed by atoms with Gasteiger partial charge in [0.25, 0.3) is 5.91 Å². The van der Waals surface area contributed by atoms with E-state index in [0.717, 1.165) is 15.1 Å². The molecule has 1 aromatic carbocycles. The van der Waals surface area contributed by atoms with Crippen molar-refractivity contribution in [1.29, 1.82) is 0 Å². The highest BCUT2D eigenvalue weighted by Gasteiger charge is 2.30. The molecule has 2 heterocycles. The first-order chi connectivity index (χ1) is 11.9. The summed E-state index contributed by atoms with van der Waals surface area (Å²) >= 11 is 1.31. The molecule has 1 aliphatic heterocycles. The van der Waals surface area contributed by atoms with Crippen molar-refractivity contribution in [2.45, 2.75) is 12.8 Å². The Labute approximate surface area is 147 Å². The average Bonchev–Trinajstić information content (AvgIpc) is 3.07. The van der Waals surface area contributed by atoms with Crippen LogP contribution in [0.1, 0.15) is 12.8 Å². The van der Waals surface area contributed by atoms with E-state index in [9.17, 15) is 14.4 Å². The third-order valence-corrected chi connectivity index (χ3v) is 5.08. The maximum Gasteiger partial charge on any atom is 0.268 e. The highest BCUT2D eigenvalue weighted by molar-refractivity contribution is 7.16. The van der Waals surface area contributed by atoms with E-state index in [1.165, 1.54) is 11.3 Å². The number of hydrogen-bond acceptors (Lipinski definition) is 6. The van der Waals surface area contributed by atoms with Crippen molar-refractivity contribution in [1.82, 2.24) is 9.47 Å². The SMILES string of the molecule is COc1cc2sc(=NC(=O)CN3C(=O)CCC3=O)n(C)c2cc1OC. The summed E-state index contributed by atoms with van der Waals surface area (Å²) in [4.78, 5) is 40.9. The van der Waals surface area contributed by atoms with Gasteiger partial charge in [0.15, 0.2) is 16.3 Å². The Bertz CT molecular complexity index is 927. The smallest absolute Gasteiger partial charge is 0.268 e. The van der Waals surface area contributed by atoms with Crippen LogP contribution in [0.2, 0.25) is 0 Å². The number of aryl methyl sites for hydroxylation is 1. The molecular weight excluding hydrogens is 346 g/mol. The van der Waals surface area contributed by atoms with E-state index in [0.29, 0.717) is 16.3 Å². The van der Waals surface area contributed by atoms with Gasteiger partial charge in [-0.25, -0.2) is 0 Å². The van der Waals surface area contributed by atoms with Gasteiger partial charge in [0.2, 0.25) is 11.8 Å². The predicted molar refractivity (Wildman–Crippen MR) is 90.4 cm³/mol. The number of benzene rings is 1. The minimum atomic E-state index is -0.537. The molecule has 0 atom stereocenters. The highest BCUT2D eigenvalue weighted by atomic mass is 32.1. The van der Waals surface area contributed by atoms with Crippen molar-refractivity contribution < 1.29 is 23.9 Å². The second-order valence-corrected chi connectivity index (χ2v) is 6.51. The zero-order valence-electron chi connectivity index (χ0n) is 14.1. The molecule has 0 saturated carbocycles. The van der Waals surface area contributed by atoms with Crippen molar-refractivity contribution in [3.8, 4) is 11.5 Å². The number of hydrogen-bond donors (Lipinski definition) is 0. The van der Waals surface area contributed by atoms with E-state index in [1.807, 2.05) is 12.1 Å². The second-order valence-electron chi connectivity index (χ2n) is 5.50. The normalized spacial score (nSPS) is 15.3. The maximum atomic E-state index is 12.2. The Kier molecular flexibility index (Phi) is 4.58. The molecule has 3 amide bonds. The van der Waals surface area contributed by atoms with E-state index >= 15 is 0 Å². The van der Waals surface area contributed by atoms with Gasteiger partial charge in [0, 0.05) is 32.0 Å². The lowest BCUT2D eigenvalue weighted by molar-refractivity contribution is -0.141. The third-order valence-electron chi connectivity index (χ3n) is 3.98. The fraction of sp³-hybridized carbons (Fsp3) is 0.375. The van der Waals surface area contributed by atoms with Crippen molar-refractivity contribution in [2.24, 2.45) is 12.0 Å². The van der Waals surface area contributed by atoms with Crippen molar-refractivity contribution in [3.63, 3.8) is 0 Å². The topological polar surface area (TPSA) is 90.2 Å². The van der Waals surface area contributed by atoms with E-state index in [1.54, 1.807) is 25.8 Å². The summed E-state index contributed by atoms with van der Waals surface area (Å²) in [7, 11) is 4.88. The van der Waals surface area contributed by atoms with Gasteiger partial charge in [-0.15, -0.1) is 0 Å². The molecular formula is C16H17N3O5S. The number of fused-ring (bicyclic) bond motifs is 1. The van der Waals surface area contributed by atoms with Crippen LogP contribution in [-0.4, -0.2) is 48.0 Å². The molecule has 3 rings (SSSR count). The molecule has 1 fully saturated rings. The second kappa shape index (κ2) is 6.67. The number of amides is 3. The molecule has 25 heavy (non-hydrogen) atoms. The Hall–Kier alpha value is -2.68. The summed E-state index contributed by atoms with van der Waals surface area (Å²) in [5, 5.41) is 0. The van der Waals surface area contributed by atoms with E-state index in [4.69, 9.17) is 9.47 Å². The number of imide groups is 1. The molecule has 0 bridgehead atoms. The van der Waals surface area contributed by atoms with Crippen molar-refractivity contribution in [2.75, 3.05) is 20.8 Å². The van der Waals surface area contributed by atoms with Crippen molar-refractivity contribution in [3.05, 3.63) is 16.9 Å². The lowest BCUT2D eigenvalue weighted by Crippen LogP contribution is -2.34. The Morgan fingerprint density at radius 3 is 2.36 bits per heavy atom. The number of likely N-dealkylation sites (tertiary alicyclic amines) is 1. The number of ether oxygens (including phenoxy) is 2. The lowest BCUT2D eigenvalue weighted by Gasteiger charge is -2.09. The van der Waals surface area contributed by atoms with Gasteiger partial charge < -0.3 is 14.0 Å². The number of methoxy groups -OCH3 is 2. The molecule has 132 valence electrons. The van der Waals surface area contributed by atoms with Gasteiger partial charge in [-0.05, 0) is 0 Å². The zero-order chi connectivity index (χ0) is 18.1. The first-order valence-corrected chi connectivity index (χ1v) is 8.38. The lowest BCUT2D eigenvalue weighted by atomic mass is 10.3. The fourth-order valence-corrected chi connectivity index (χ4v) is 3.68. The van der Waals surface area contributed by atoms with Crippen LogP contribution < -0.4 is 14.3 Å². The van der Waals surface area contributed by atoms with Crippen LogP contribution in [0.5, 0.6) is 11.5 Å². The monoisotopic (exact) mass is 363 g/mol. The summed E-state index contributed by atoms with van der Waals surface area (Å²) in [6.07, 6.45) is 0.310. The quantitative estimate of drug-likeness (QED) is 0.751. The summed E-state index contributed by atoms with van der Waals surface area (Å²) in [5.41, 5.74) is 0.836. The standard InChI is InChI=1S/C16H17N3O5S/c1-18-9-6-10(23-2)11(24-3)7-12(9)25-16(18)17-13(20)8-19-14(21)4-5-15(19)22/h6-7H,4-5,8H2,1-3H3. The fourth-order valence-electron chi connectivity index (χ4n) is 2.64. The molecule has 9 heteroatoms. The van der Waals surface area contributed by atoms with Crippen LogP contribution in [0.3, 0.4) is 0 Å². The first-order valence-electron chi connectivity index (χ1n) is 7.57. The van der Waals surface area contributed by atoms with Gasteiger partial charge in [0.1, 0.15) is 6.54 Å². The molecule has 0 N–H and O–H groups in total. The summed E-state index contributed by atoms with van der Waals surface area (Å²) < 4.78 is 13.2. The minimum absolute atomic E-state index is 0.155. The Balaban J connectivity index is 1.96. The van der Waals surface area contributed by atoms with Gasteiger partial charge in [-0.1, -0.05) is 11.3 Å². The van der Waals surface area contributed by atoms with Crippen LogP contribution in [0.25, 0.3) is 10.2 Å². The van der Waals surface area contributed by atoms with Crippen molar-refractivity contribution >= 4 is 39.3 Å². The summed E-state index contributed by atoms with van der Waals surface area (Å²) in [6.45, 7) is -0.321. The zero-order valence-corrected chi connectivity index (χ0v) is 14.9. The van der Waals surface area contributed by atoms with Gasteiger partial charge in [-0.3, -0.25) is 19.3 Å². The third kappa shape index (κ3) is 3.14. The molecule has 8 nitrogen and oxygen atoms in total. The van der Waals surface area contributed by atoms with E-state index in [2.05, 4.69) is 4.99 Å². The number of rotatable bonds is 4. The first kappa shape index (κ1) is 17.2. The number of nitrogens with zero attached hydrogens (tertiary/aromatic N) is 3. The number of aromatic nitrogens is 1. The Morgan fingerprint density at radius 2 is 1.76 bits per heavy atom. The molecule has 0 radical (unpaired) electrons. The molecule has 1 aromatic heterocycles. The van der Waals surface area contributed by atoms with Crippen LogP contribution in [0.15, 0.2) is 17.1 Å². The predicted octanol–water partition coefficient (Wildman–Crippen LogP) is 0.833.